The van der Waals surface area contributed by atoms with Crippen LogP contribution in [-0.2, 0) is 14.3 Å². The summed E-state index contributed by atoms with van der Waals surface area (Å²) in [5.74, 6) is -0.264. The lowest BCUT2D eigenvalue weighted by Crippen LogP contribution is -2.08. The standard InChI is InChI=1S/C10H20O5/c11-5-8-14-7-3-1-2-4-10(13)15-9-6-12/h11-12H,1-9H2. The van der Waals surface area contributed by atoms with Gasteiger partial charge < -0.3 is 19.7 Å². The maximum atomic E-state index is 10.9. The predicted octanol–water partition coefficient (Wildman–Crippen LogP) is 0.0912. The summed E-state index contributed by atoms with van der Waals surface area (Å²) < 4.78 is 9.74. The number of hydrogen-bond acceptors (Lipinski definition) is 5. The highest BCUT2D eigenvalue weighted by Crippen LogP contribution is 2.01. The molecule has 5 heteroatoms. The van der Waals surface area contributed by atoms with Crippen LogP contribution in [0, 0.1) is 0 Å². The van der Waals surface area contributed by atoms with Crippen LogP contribution in [0.4, 0.5) is 0 Å². The number of unbranched alkanes of at least 4 members (excludes halogenated alkanes) is 2. The van der Waals surface area contributed by atoms with Gasteiger partial charge in [-0.3, -0.25) is 4.79 Å². The van der Waals surface area contributed by atoms with E-state index >= 15 is 0 Å². The zero-order valence-corrected chi connectivity index (χ0v) is 8.98. The second-order valence-electron chi connectivity index (χ2n) is 3.09. The van der Waals surface area contributed by atoms with Gasteiger partial charge in [-0.2, -0.15) is 0 Å². The first-order valence-electron chi connectivity index (χ1n) is 5.26. The Hall–Kier alpha value is -0.650. The number of esters is 1. The van der Waals surface area contributed by atoms with Crippen LogP contribution in [0.3, 0.4) is 0 Å². The van der Waals surface area contributed by atoms with Crippen molar-refractivity contribution in [3.8, 4) is 0 Å². The minimum Gasteiger partial charge on any atom is -0.463 e. The summed E-state index contributed by atoms with van der Waals surface area (Å²) in [5, 5.41) is 16.8. The summed E-state index contributed by atoms with van der Waals surface area (Å²) in [6.45, 7) is 0.997. The number of aliphatic hydroxyl groups is 2. The average molecular weight is 220 g/mol. The summed E-state index contributed by atoms with van der Waals surface area (Å²) in [5.41, 5.74) is 0. The molecule has 0 saturated heterocycles. The predicted molar refractivity (Wildman–Crippen MR) is 54.4 cm³/mol. The highest BCUT2D eigenvalue weighted by atomic mass is 16.5. The van der Waals surface area contributed by atoms with E-state index in [1.807, 2.05) is 0 Å². The fourth-order valence-corrected chi connectivity index (χ4v) is 1.05. The maximum Gasteiger partial charge on any atom is 0.305 e. The number of carbonyl (C=O) groups excluding carboxylic acids is 1. The Balaban J connectivity index is 3.06. The van der Waals surface area contributed by atoms with Gasteiger partial charge in [-0.1, -0.05) is 6.42 Å². The quantitative estimate of drug-likeness (QED) is 0.403. The van der Waals surface area contributed by atoms with Gasteiger partial charge in [0.25, 0.3) is 0 Å². The van der Waals surface area contributed by atoms with Crippen molar-refractivity contribution in [2.45, 2.75) is 25.7 Å². The van der Waals surface area contributed by atoms with E-state index in [0.29, 0.717) is 19.6 Å². The van der Waals surface area contributed by atoms with Crippen molar-refractivity contribution in [2.75, 3.05) is 33.0 Å². The van der Waals surface area contributed by atoms with E-state index in [9.17, 15) is 4.79 Å². The molecule has 90 valence electrons. The van der Waals surface area contributed by atoms with Gasteiger partial charge in [0, 0.05) is 13.0 Å². The van der Waals surface area contributed by atoms with Crippen molar-refractivity contribution in [1.82, 2.24) is 0 Å². The highest BCUT2D eigenvalue weighted by Gasteiger charge is 2.01. The Kier molecular flexibility index (Phi) is 10.9. The van der Waals surface area contributed by atoms with E-state index in [1.54, 1.807) is 0 Å². The Bertz CT molecular complexity index is 149. The van der Waals surface area contributed by atoms with Crippen LogP contribution in [0.15, 0.2) is 0 Å². The molecule has 15 heavy (non-hydrogen) atoms. The number of hydrogen-bond donors (Lipinski definition) is 2. The van der Waals surface area contributed by atoms with Gasteiger partial charge in [0.15, 0.2) is 0 Å². The Labute approximate surface area is 90.0 Å². The first-order valence-corrected chi connectivity index (χ1v) is 5.26. The van der Waals surface area contributed by atoms with E-state index in [2.05, 4.69) is 4.74 Å². The minimum absolute atomic E-state index is 0.0491. The van der Waals surface area contributed by atoms with Crippen LogP contribution in [-0.4, -0.2) is 49.2 Å². The summed E-state index contributed by atoms with van der Waals surface area (Å²) in [6, 6.07) is 0. The third kappa shape index (κ3) is 11.3. The minimum atomic E-state index is -0.264. The first kappa shape index (κ1) is 14.3. The molecule has 0 aliphatic carbocycles. The molecule has 0 aromatic carbocycles. The Morgan fingerprint density at radius 2 is 1.67 bits per heavy atom. The van der Waals surface area contributed by atoms with Crippen LogP contribution < -0.4 is 0 Å². The zero-order chi connectivity index (χ0) is 11.4. The average Bonchev–Trinajstić information content (AvgIpc) is 2.25. The van der Waals surface area contributed by atoms with Crippen LogP contribution in [0.5, 0.6) is 0 Å². The van der Waals surface area contributed by atoms with E-state index < -0.39 is 0 Å². The molecule has 0 rings (SSSR count). The number of rotatable bonds is 10. The van der Waals surface area contributed by atoms with Crippen LogP contribution in [0.2, 0.25) is 0 Å². The van der Waals surface area contributed by atoms with Gasteiger partial charge >= 0.3 is 5.97 Å². The van der Waals surface area contributed by atoms with Gasteiger partial charge in [0.1, 0.15) is 6.61 Å². The smallest absolute Gasteiger partial charge is 0.305 e. The first-order chi connectivity index (χ1) is 7.31. The van der Waals surface area contributed by atoms with Crippen molar-refractivity contribution in [3.05, 3.63) is 0 Å². The fourth-order valence-electron chi connectivity index (χ4n) is 1.05. The van der Waals surface area contributed by atoms with Crippen molar-refractivity contribution in [3.63, 3.8) is 0 Å². The molecule has 0 amide bonds. The molecule has 0 heterocycles. The monoisotopic (exact) mass is 220 g/mol. The lowest BCUT2D eigenvalue weighted by atomic mass is 10.2. The highest BCUT2D eigenvalue weighted by molar-refractivity contribution is 5.69. The largest absolute Gasteiger partial charge is 0.463 e. The Morgan fingerprint density at radius 1 is 0.933 bits per heavy atom. The second kappa shape index (κ2) is 11.4. The third-order valence-corrected chi connectivity index (χ3v) is 1.76. The number of ether oxygens (including phenoxy) is 2. The van der Waals surface area contributed by atoms with E-state index in [0.717, 1.165) is 19.3 Å². The van der Waals surface area contributed by atoms with Crippen LogP contribution in [0.25, 0.3) is 0 Å². The molecule has 0 unspecified atom stereocenters. The SMILES string of the molecule is O=C(CCCCCOCCO)OCCO. The molecule has 0 aliphatic rings. The molecule has 0 aromatic heterocycles. The molecular weight excluding hydrogens is 200 g/mol. The lowest BCUT2D eigenvalue weighted by molar-refractivity contribution is -0.144. The van der Waals surface area contributed by atoms with Crippen molar-refractivity contribution in [2.24, 2.45) is 0 Å². The third-order valence-electron chi connectivity index (χ3n) is 1.76. The van der Waals surface area contributed by atoms with E-state index in [4.69, 9.17) is 14.9 Å². The molecule has 5 nitrogen and oxygen atoms in total. The van der Waals surface area contributed by atoms with Crippen molar-refractivity contribution < 1.29 is 24.5 Å². The van der Waals surface area contributed by atoms with Gasteiger partial charge in [-0.05, 0) is 12.8 Å². The fraction of sp³-hybridized carbons (Fsp3) is 0.900. The molecule has 2 N–H and O–H groups in total. The lowest BCUT2D eigenvalue weighted by Gasteiger charge is -2.03. The molecular formula is C10H20O5. The molecule has 0 spiro atoms. The van der Waals surface area contributed by atoms with Crippen LogP contribution >= 0.6 is 0 Å². The van der Waals surface area contributed by atoms with Gasteiger partial charge in [0.05, 0.1) is 19.8 Å². The second-order valence-corrected chi connectivity index (χ2v) is 3.09. The molecule has 0 radical (unpaired) electrons. The molecule has 0 atom stereocenters. The maximum absolute atomic E-state index is 10.9. The summed E-state index contributed by atoms with van der Waals surface area (Å²) in [6.07, 6.45) is 2.94. The molecule has 0 bridgehead atoms. The van der Waals surface area contributed by atoms with Gasteiger partial charge in [-0.15, -0.1) is 0 Å². The molecule has 0 aliphatic heterocycles. The topological polar surface area (TPSA) is 76.0 Å². The number of aliphatic hydroxyl groups excluding tert-OH is 2. The number of carbonyl (C=O) groups is 1. The van der Waals surface area contributed by atoms with Gasteiger partial charge in [-0.25, -0.2) is 0 Å². The van der Waals surface area contributed by atoms with Crippen LogP contribution in [0.1, 0.15) is 25.7 Å². The molecule has 0 fully saturated rings. The summed E-state index contributed by atoms with van der Waals surface area (Å²) in [4.78, 5) is 10.9. The van der Waals surface area contributed by atoms with Crippen molar-refractivity contribution in [1.29, 1.82) is 0 Å². The molecule has 0 aromatic rings. The summed E-state index contributed by atoms with van der Waals surface area (Å²) in [7, 11) is 0. The summed E-state index contributed by atoms with van der Waals surface area (Å²) >= 11 is 0. The zero-order valence-electron chi connectivity index (χ0n) is 8.98. The van der Waals surface area contributed by atoms with E-state index in [-0.39, 0.29) is 25.8 Å². The van der Waals surface area contributed by atoms with E-state index in [1.165, 1.54) is 0 Å². The normalized spacial score (nSPS) is 10.3. The van der Waals surface area contributed by atoms with Crippen molar-refractivity contribution >= 4 is 5.97 Å². The molecule has 0 saturated carbocycles. The van der Waals surface area contributed by atoms with Gasteiger partial charge in [0.2, 0.25) is 0 Å². The Morgan fingerprint density at radius 3 is 2.33 bits per heavy atom.